The topological polar surface area (TPSA) is 49.4 Å². The summed E-state index contributed by atoms with van der Waals surface area (Å²) < 4.78 is 25.3. The van der Waals surface area contributed by atoms with Gasteiger partial charge in [0.05, 0.1) is 11.9 Å². The highest BCUT2D eigenvalue weighted by molar-refractivity contribution is 7.92. The molecule has 1 fully saturated rings. The SMILES string of the molecule is CS(=O)(=O)N(C[C@@H]1CCCNC1)c1ccccc1. The molecule has 0 unspecified atom stereocenters. The van der Waals surface area contributed by atoms with E-state index in [0.29, 0.717) is 12.5 Å². The van der Waals surface area contributed by atoms with Crippen molar-refractivity contribution in [3.63, 3.8) is 0 Å². The molecule has 1 aliphatic heterocycles. The number of nitrogens with one attached hydrogen (secondary N) is 1. The zero-order chi connectivity index (χ0) is 13.0. The van der Waals surface area contributed by atoms with E-state index in [2.05, 4.69) is 5.32 Å². The van der Waals surface area contributed by atoms with Gasteiger partial charge in [0, 0.05) is 6.54 Å². The zero-order valence-electron chi connectivity index (χ0n) is 10.7. The van der Waals surface area contributed by atoms with Crippen LogP contribution >= 0.6 is 0 Å². The monoisotopic (exact) mass is 268 g/mol. The predicted molar refractivity (Wildman–Crippen MR) is 74.2 cm³/mol. The van der Waals surface area contributed by atoms with Crippen LogP contribution in [0.25, 0.3) is 0 Å². The third-order valence-corrected chi connectivity index (χ3v) is 4.43. The van der Waals surface area contributed by atoms with E-state index in [1.807, 2.05) is 30.3 Å². The van der Waals surface area contributed by atoms with E-state index in [4.69, 9.17) is 0 Å². The second-order valence-corrected chi connectivity index (χ2v) is 6.75. The molecule has 1 saturated heterocycles. The van der Waals surface area contributed by atoms with Crippen LogP contribution in [0.3, 0.4) is 0 Å². The molecule has 1 N–H and O–H groups in total. The van der Waals surface area contributed by atoms with Crippen LogP contribution in [0.1, 0.15) is 12.8 Å². The van der Waals surface area contributed by atoms with E-state index in [1.165, 1.54) is 10.6 Å². The van der Waals surface area contributed by atoms with Crippen LogP contribution in [0.15, 0.2) is 30.3 Å². The fourth-order valence-electron chi connectivity index (χ4n) is 2.34. The highest BCUT2D eigenvalue weighted by Gasteiger charge is 2.23. The summed E-state index contributed by atoms with van der Waals surface area (Å²) in [7, 11) is -3.21. The van der Waals surface area contributed by atoms with E-state index in [1.54, 1.807) is 0 Å². The van der Waals surface area contributed by atoms with Crippen LogP contribution in [-0.2, 0) is 10.0 Å². The molecule has 1 aromatic carbocycles. The van der Waals surface area contributed by atoms with E-state index < -0.39 is 10.0 Å². The first-order valence-corrected chi connectivity index (χ1v) is 8.15. The van der Waals surface area contributed by atoms with Crippen molar-refractivity contribution < 1.29 is 8.42 Å². The minimum Gasteiger partial charge on any atom is -0.316 e. The molecular formula is C13H20N2O2S. The third-order valence-electron chi connectivity index (χ3n) is 3.27. The lowest BCUT2D eigenvalue weighted by Crippen LogP contribution is -2.40. The van der Waals surface area contributed by atoms with Crippen molar-refractivity contribution in [2.45, 2.75) is 12.8 Å². The van der Waals surface area contributed by atoms with Crippen LogP contribution < -0.4 is 9.62 Å². The number of hydrogen-bond acceptors (Lipinski definition) is 3. The Morgan fingerprint density at radius 3 is 2.61 bits per heavy atom. The molecular weight excluding hydrogens is 248 g/mol. The smallest absolute Gasteiger partial charge is 0.232 e. The van der Waals surface area contributed by atoms with Gasteiger partial charge in [0.2, 0.25) is 10.0 Å². The van der Waals surface area contributed by atoms with Crippen LogP contribution in [-0.4, -0.2) is 34.3 Å². The Morgan fingerprint density at radius 2 is 2.06 bits per heavy atom. The Morgan fingerprint density at radius 1 is 1.33 bits per heavy atom. The maximum absolute atomic E-state index is 11.9. The number of anilines is 1. The van der Waals surface area contributed by atoms with E-state index >= 15 is 0 Å². The standard InChI is InChI=1S/C13H20N2O2S/c1-18(16,17)15(13-7-3-2-4-8-13)11-12-6-5-9-14-10-12/h2-4,7-8,12,14H,5-6,9-11H2,1H3/t12-/m1/s1. The Balaban J connectivity index is 2.16. The second kappa shape index (κ2) is 5.71. The molecule has 1 aliphatic rings. The molecule has 5 heteroatoms. The summed E-state index contributed by atoms with van der Waals surface area (Å²) >= 11 is 0. The third kappa shape index (κ3) is 3.46. The summed E-state index contributed by atoms with van der Waals surface area (Å²) in [5, 5.41) is 3.32. The first kappa shape index (κ1) is 13.4. The lowest BCUT2D eigenvalue weighted by atomic mass is 10.00. The fraction of sp³-hybridized carbons (Fsp3) is 0.538. The average Bonchev–Trinajstić information content (AvgIpc) is 2.37. The molecule has 2 rings (SSSR count). The number of para-hydroxylation sites is 1. The second-order valence-electron chi connectivity index (χ2n) is 4.84. The van der Waals surface area contributed by atoms with E-state index in [9.17, 15) is 8.42 Å². The molecule has 0 amide bonds. The normalized spacial score (nSPS) is 20.6. The molecule has 100 valence electrons. The Labute approximate surface area is 109 Å². The highest BCUT2D eigenvalue weighted by atomic mass is 32.2. The van der Waals surface area contributed by atoms with Gasteiger partial charge in [-0.3, -0.25) is 4.31 Å². The van der Waals surface area contributed by atoms with Crippen LogP contribution in [0, 0.1) is 5.92 Å². The van der Waals surface area contributed by atoms with Gasteiger partial charge in [-0.2, -0.15) is 0 Å². The molecule has 1 heterocycles. The molecule has 18 heavy (non-hydrogen) atoms. The first-order chi connectivity index (χ1) is 8.57. The van der Waals surface area contributed by atoms with Crippen LogP contribution in [0.5, 0.6) is 0 Å². The maximum Gasteiger partial charge on any atom is 0.232 e. The fourth-order valence-corrected chi connectivity index (χ4v) is 3.33. The molecule has 1 atom stereocenters. The van der Waals surface area contributed by atoms with Gasteiger partial charge >= 0.3 is 0 Å². The molecule has 0 bridgehead atoms. The van der Waals surface area contributed by atoms with Crippen molar-refractivity contribution in [3.05, 3.63) is 30.3 Å². The van der Waals surface area contributed by atoms with Gasteiger partial charge in [0.15, 0.2) is 0 Å². The summed E-state index contributed by atoms with van der Waals surface area (Å²) in [6.45, 7) is 2.51. The molecule has 0 saturated carbocycles. The number of piperidine rings is 1. The van der Waals surface area contributed by atoms with Crippen molar-refractivity contribution in [2.75, 3.05) is 30.2 Å². The Hall–Kier alpha value is -1.07. The summed E-state index contributed by atoms with van der Waals surface area (Å²) in [4.78, 5) is 0. The number of hydrogen-bond donors (Lipinski definition) is 1. The van der Waals surface area contributed by atoms with E-state index in [0.717, 1.165) is 31.6 Å². The lowest BCUT2D eigenvalue weighted by molar-refractivity contribution is 0.385. The van der Waals surface area contributed by atoms with Gasteiger partial charge < -0.3 is 5.32 Å². The Bertz CT molecular complexity index is 467. The van der Waals surface area contributed by atoms with Gasteiger partial charge in [0.1, 0.15) is 0 Å². The van der Waals surface area contributed by atoms with Crippen molar-refractivity contribution in [1.82, 2.24) is 5.32 Å². The van der Waals surface area contributed by atoms with Gasteiger partial charge in [-0.1, -0.05) is 18.2 Å². The predicted octanol–water partition coefficient (Wildman–Crippen LogP) is 1.45. The molecule has 0 spiro atoms. The average molecular weight is 268 g/mol. The minimum atomic E-state index is -3.21. The maximum atomic E-state index is 11.9. The molecule has 1 aromatic rings. The number of sulfonamides is 1. The molecule has 0 aliphatic carbocycles. The van der Waals surface area contributed by atoms with Gasteiger partial charge in [0.25, 0.3) is 0 Å². The Kier molecular flexibility index (Phi) is 4.24. The van der Waals surface area contributed by atoms with Crippen molar-refractivity contribution >= 4 is 15.7 Å². The summed E-state index contributed by atoms with van der Waals surface area (Å²) in [6.07, 6.45) is 3.49. The van der Waals surface area contributed by atoms with E-state index in [-0.39, 0.29) is 0 Å². The molecule has 0 radical (unpaired) electrons. The number of rotatable bonds is 4. The largest absolute Gasteiger partial charge is 0.316 e. The molecule has 0 aromatic heterocycles. The first-order valence-electron chi connectivity index (χ1n) is 6.31. The quantitative estimate of drug-likeness (QED) is 0.899. The van der Waals surface area contributed by atoms with Gasteiger partial charge in [-0.25, -0.2) is 8.42 Å². The number of benzene rings is 1. The number of nitrogens with zero attached hydrogens (tertiary/aromatic N) is 1. The van der Waals surface area contributed by atoms with Crippen LogP contribution in [0.4, 0.5) is 5.69 Å². The van der Waals surface area contributed by atoms with Crippen molar-refractivity contribution in [1.29, 1.82) is 0 Å². The molecule has 4 nitrogen and oxygen atoms in total. The van der Waals surface area contributed by atoms with Crippen LogP contribution in [0.2, 0.25) is 0 Å². The summed E-state index contributed by atoms with van der Waals surface area (Å²) in [5.74, 6) is 0.397. The minimum absolute atomic E-state index is 0.397. The lowest BCUT2D eigenvalue weighted by Gasteiger charge is -2.30. The zero-order valence-corrected chi connectivity index (χ0v) is 11.5. The van der Waals surface area contributed by atoms with Gasteiger partial charge in [-0.15, -0.1) is 0 Å². The highest BCUT2D eigenvalue weighted by Crippen LogP contribution is 2.21. The van der Waals surface area contributed by atoms with Crippen molar-refractivity contribution in [3.8, 4) is 0 Å². The van der Waals surface area contributed by atoms with Crippen molar-refractivity contribution in [2.24, 2.45) is 5.92 Å². The summed E-state index contributed by atoms with van der Waals surface area (Å²) in [6, 6.07) is 9.32. The van der Waals surface area contributed by atoms with Gasteiger partial charge in [-0.05, 0) is 44.0 Å². The summed E-state index contributed by atoms with van der Waals surface area (Å²) in [5.41, 5.74) is 0.755.